The minimum atomic E-state index is -0.201. The smallest absolute Gasteiger partial charge is 0.277 e. The van der Waals surface area contributed by atoms with Crippen LogP contribution in [0.2, 0.25) is 0 Å². The summed E-state index contributed by atoms with van der Waals surface area (Å²) in [5.41, 5.74) is 5.28. The van der Waals surface area contributed by atoms with Crippen LogP contribution in [0.15, 0.2) is 59.4 Å². The topological polar surface area (TPSA) is 77.6 Å². The van der Waals surface area contributed by atoms with Gasteiger partial charge in [0, 0.05) is 42.0 Å². The molecule has 0 atom stereocenters. The van der Waals surface area contributed by atoms with E-state index in [1.54, 1.807) is 7.11 Å². The lowest BCUT2D eigenvalue weighted by atomic mass is 10.1. The normalized spacial score (nSPS) is 11.0. The summed E-state index contributed by atoms with van der Waals surface area (Å²) in [7, 11) is 3.51. The molecule has 2 heterocycles. The Morgan fingerprint density at radius 2 is 1.88 bits per heavy atom. The van der Waals surface area contributed by atoms with Gasteiger partial charge in [-0.15, -0.1) is 0 Å². The molecule has 1 amide bonds. The van der Waals surface area contributed by atoms with Gasteiger partial charge < -0.3 is 14.6 Å². The number of anilines is 1. The maximum atomic E-state index is 13.2. The lowest BCUT2D eigenvalue weighted by Gasteiger charge is -2.12. The highest BCUT2D eigenvalue weighted by Gasteiger charge is 2.17. The van der Waals surface area contributed by atoms with Crippen LogP contribution in [0.1, 0.15) is 23.2 Å². The molecule has 4 rings (SSSR count). The van der Waals surface area contributed by atoms with E-state index in [1.165, 1.54) is 4.52 Å². The minimum Gasteiger partial charge on any atom is -0.497 e. The van der Waals surface area contributed by atoms with Gasteiger partial charge in [-0.3, -0.25) is 9.59 Å². The fourth-order valence-electron chi connectivity index (χ4n) is 3.81. The molecule has 2 aromatic heterocycles. The van der Waals surface area contributed by atoms with E-state index in [2.05, 4.69) is 10.4 Å². The van der Waals surface area contributed by atoms with Crippen LogP contribution in [-0.4, -0.2) is 27.2 Å². The van der Waals surface area contributed by atoms with E-state index in [1.807, 2.05) is 80.1 Å². The Bertz CT molecular complexity index is 1370. The van der Waals surface area contributed by atoms with Crippen molar-refractivity contribution in [1.29, 1.82) is 0 Å². The van der Waals surface area contributed by atoms with Gasteiger partial charge in [-0.1, -0.05) is 24.3 Å². The number of ether oxygens (including phenoxy) is 1. The Kier molecular flexibility index (Phi) is 5.81. The summed E-state index contributed by atoms with van der Waals surface area (Å²) in [6, 6.07) is 17.1. The molecule has 0 bridgehead atoms. The van der Waals surface area contributed by atoms with Gasteiger partial charge in [0.1, 0.15) is 11.4 Å². The monoisotopic (exact) mass is 430 g/mol. The minimum absolute atomic E-state index is 0.130. The number of aromatic nitrogens is 3. The lowest BCUT2D eigenvalue weighted by molar-refractivity contribution is -0.116. The van der Waals surface area contributed by atoms with Crippen LogP contribution in [0, 0.1) is 13.8 Å². The highest BCUT2D eigenvalue weighted by Crippen LogP contribution is 2.24. The molecule has 0 radical (unpaired) electrons. The number of fused-ring (bicyclic) bond motifs is 1. The van der Waals surface area contributed by atoms with E-state index in [4.69, 9.17) is 4.74 Å². The van der Waals surface area contributed by atoms with Gasteiger partial charge >= 0.3 is 0 Å². The van der Waals surface area contributed by atoms with E-state index in [-0.39, 0.29) is 17.9 Å². The molecule has 0 saturated carbocycles. The van der Waals surface area contributed by atoms with Crippen molar-refractivity contribution in [3.05, 3.63) is 81.8 Å². The van der Waals surface area contributed by atoms with Crippen LogP contribution in [0.5, 0.6) is 5.75 Å². The third kappa shape index (κ3) is 4.14. The van der Waals surface area contributed by atoms with Crippen LogP contribution in [0.25, 0.3) is 16.9 Å². The Labute approximate surface area is 186 Å². The van der Waals surface area contributed by atoms with Crippen molar-refractivity contribution in [1.82, 2.24) is 14.2 Å². The van der Waals surface area contributed by atoms with Gasteiger partial charge in [0.2, 0.25) is 5.91 Å². The van der Waals surface area contributed by atoms with Gasteiger partial charge in [-0.05, 0) is 50.1 Å². The first-order valence-corrected chi connectivity index (χ1v) is 10.5. The molecule has 0 saturated heterocycles. The second kappa shape index (κ2) is 8.70. The molecule has 0 aliphatic rings. The van der Waals surface area contributed by atoms with Crippen molar-refractivity contribution in [3.63, 3.8) is 0 Å². The Morgan fingerprint density at radius 1 is 1.09 bits per heavy atom. The quantitative estimate of drug-likeness (QED) is 0.503. The number of nitrogens with zero attached hydrogens (tertiary/aromatic N) is 3. The Morgan fingerprint density at radius 3 is 2.62 bits per heavy atom. The molecule has 0 aliphatic heterocycles. The summed E-state index contributed by atoms with van der Waals surface area (Å²) >= 11 is 0. The standard InChI is InChI=1S/C25H26N4O3/c1-16-7-5-9-19(13-16)26-23(30)12-11-21-17(2)28(3)24-15-22(27-29(24)25(21)31)18-8-6-10-20(14-18)32-4/h5-10,13-15H,11-12H2,1-4H3,(H,26,30). The molecule has 7 heteroatoms. The van der Waals surface area contributed by atoms with E-state index in [9.17, 15) is 9.59 Å². The summed E-state index contributed by atoms with van der Waals surface area (Å²) in [4.78, 5) is 25.7. The van der Waals surface area contributed by atoms with E-state index >= 15 is 0 Å². The van der Waals surface area contributed by atoms with E-state index < -0.39 is 0 Å². The average molecular weight is 431 g/mol. The molecule has 4 aromatic rings. The Hall–Kier alpha value is -3.87. The number of rotatable bonds is 6. The SMILES string of the molecule is COc1cccc(-c2cc3n(C)c(C)c(CCC(=O)Nc4cccc(C)c4)c(=O)n3n2)c1. The van der Waals surface area contributed by atoms with Gasteiger partial charge in [0.15, 0.2) is 0 Å². The molecule has 0 fully saturated rings. The zero-order valence-electron chi connectivity index (χ0n) is 18.7. The van der Waals surface area contributed by atoms with Gasteiger partial charge in [-0.25, -0.2) is 0 Å². The summed E-state index contributed by atoms with van der Waals surface area (Å²) in [6.45, 7) is 3.87. The largest absolute Gasteiger partial charge is 0.497 e. The Balaban J connectivity index is 1.62. The third-order valence-electron chi connectivity index (χ3n) is 5.69. The van der Waals surface area contributed by atoms with Crippen molar-refractivity contribution in [2.75, 3.05) is 12.4 Å². The van der Waals surface area contributed by atoms with Crippen LogP contribution >= 0.6 is 0 Å². The maximum Gasteiger partial charge on any atom is 0.277 e. The van der Waals surface area contributed by atoms with Crippen LogP contribution < -0.4 is 15.6 Å². The number of hydrogen-bond acceptors (Lipinski definition) is 4. The van der Waals surface area contributed by atoms with E-state index in [0.717, 1.165) is 28.3 Å². The first-order valence-electron chi connectivity index (χ1n) is 10.5. The number of nitrogens with one attached hydrogen (secondary N) is 1. The fourth-order valence-corrected chi connectivity index (χ4v) is 3.81. The average Bonchev–Trinajstić information content (AvgIpc) is 3.24. The molecule has 1 N–H and O–H groups in total. The van der Waals surface area contributed by atoms with E-state index in [0.29, 0.717) is 23.3 Å². The first kappa shape index (κ1) is 21.4. The second-order valence-corrected chi connectivity index (χ2v) is 7.88. The highest BCUT2D eigenvalue weighted by atomic mass is 16.5. The highest BCUT2D eigenvalue weighted by molar-refractivity contribution is 5.90. The number of hydrogen-bond donors (Lipinski definition) is 1. The van der Waals surface area contributed by atoms with Crippen molar-refractivity contribution >= 4 is 17.2 Å². The van der Waals surface area contributed by atoms with Crippen LogP contribution in [-0.2, 0) is 18.3 Å². The van der Waals surface area contributed by atoms with Crippen molar-refractivity contribution < 1.29 is 9.53 Å². The lowest BCUT2D eigenvalue weighted by Crippen LogP contribution is -2.26. The second-order valence-electron chi connectivity index (χ2n) is 7.88. The molecular weight excluding hydrogens is 404 g/mol. The zero-order valence-corrected chi connectivity index (χ0v) is 18.7. The van der Waals surface area contributed by atoms with Crippen molar-refractivity contribution in [3.8, 4) is 17.0 Å². The van der Waals surface area contributed by atoms with Gasteiger partial charge in [0.05, 0.1) is 12.8 Å². The predicted molar refractivity (Wildman–Crippen MR) is 125 cm³/mol. The summed E-state index contributed by atoms with van der Waals surface area (Å²) in [5, 5.41) is 7.45. The molecule has 32 heavy (non-hydrogen) atoms. The summed E-state index contributed by atoms with van der Waals surface area (Å²) < 4.78 is 8.65. The number of carbonyl (C=O) groups excluding carboxylic acids is 1. The van der Waals surface area contributed by atoms with Crippen molar-refractivity contribution in [2.45, 2.75) is 26.7 Å². The number of methoxy groups -OCH3 is 1. The van der Waals surface area contributed by atoms with Gasteiger partial charge in [-0.2, -0.15) is 9.61 Å². The van der Waals surface area contributed by atoms with Gasteiger partial charge in [0.25, 0.3) is 5.56 Å². The van der Waals surface area contributed by atoms with Crippen LogP contribution in [0.3, 0.4) is 0 Å². The van der Waals surface area contributed by atoms with Crippen LogP contribution in [0.4, 0.5) is 5.69 Å². The van der Waals surface area contributed by atoms with Crippen molar-refractivity contribution in [2.24, 2.45) is 7.05 Å². The number of amides is 1. The predicted octanol–water partition coefficient (Wildman–Crippen LogP) is 3.90. The molecule has 0 unspecified atom stereocenters. The molecule has 7 nitrogen and oxygen atoms in total. The molecule has 164 valence electrons. The number of benzene rings is 2. The summed E-state index contributed by atoms with van der Waals surface area (Å²) in [5.74, 6) is 0.595. The fraction of sp³-hybridized carbons (Fsp3) is 0.240. The zero-order chi connectivity index (χ0) is 22.8. The molecule has 0 aliphatic carbocycles. The number of carbonyl (C=O) groups is 1. The summed E-state index contributed by atoms with van der Waals surface area (Å²) in [6.07, 6.45) is 0.542. The third-order valence-corrected chi connectivity index (χ3v) is 5.69. The maximum absolute atomic E-state index is 13.2. The number of aryl methyl sites for hydroxylation is 2. The molecule has 0 spiro atoms. The first-order chi connectivity index (χ1) is 15.4. The molecular formula is C25H26N4O3. The molecule has 2 aromatic carbocycles.